The Labute approximate surface area is 690 Å². The summed E-state index contributed by atoms with van der Waals surface area (Å²) in [6.07, 6.45) is 57.6. The van der Waals surface area contributed by atoms with Gasteiger partial charge in [-0.15, -0.1) is 0 Å². The summed E-state index contributed by atoms with van der Waals surface area (Å²) >= 11 is 0. The summed E-state index contributed by atoms with van der Waals surface area (Å²) < 4.78 is 26.7. The lowest BCUT2D eigenvalue weighted by atomic mass is 9.77. The van der Waals surface area contributed by atoms with Crippen LogP contribution in [0.2, 0.25) is 0 Å². The van der Waals surface area contributed by atoms with Gasteiger partial charge in [-0.25, -0.2) is 0 Å². The van der Waals surface area contributed by atoms with Crippen molar-refractivity contribution in [2.24, 2.45) is 23.7 Å². The Morgan fingerprint density at radius 2 is 0.579 bits per heavy atom. The number of ether oxygens (including phenoxy) is 4. The van der Waals surface area contributed by atoms with E-state index in [0.717, 1.165) is 168 Å². The maximum atomic E-state index is 15.0. The largest absolute Gasteiger partial charge is 0.494 e. The molecule has 0 unspecified atom stereocenters. The summed E-state index contributed by atoms with van der Waals surface area (Å²) in [5, 5.41) is 3.96. The van der Waals surface area contributed by atoms with E-state index in [9.17, 15) is 0 Å². The Morgan fingerprint density at radius 1 is 0.289 bits per heavy atom. The van der Waals surface area contributed by atoms with Gasteiger partial charge in [0.25, 0.3) is 0 Å². The van der Waals surface area contributed by atoms with Gasteiger partial charge in [-0.1, -0.05) is 316 Å². The summed E-state index contributed by atoms with van der Waals surface area (Å²) in [5.41, 5.74) is 11.1. The number of rotatable bonds is 47. The first-order valence-corrected chi connectivity index (χ1v) is 47.4. The highest BCUT2D eigenvalue weighted by Crippen LogP contribution is 2.54. The van der Waals surface area contributed by atoms with Gasteiger partial charge >= 0.3 is 11.9 Å². The standard InChI is InChI=1S/C108H146O6/c1-5-9-25-37-83-49-57-87(58-50-83)91-69-73-97(74-70-91)111-77-33-23-19-15-11-13-17-21-27-43-103(109)113-107-101(93-65-61-89(62-66-93)85-53-45-81(35-7-3)46-54-85)79-95-39-29-31-41-99(95)105(107)106-100-42-32-30-40-96(100)80-102(94-67-63-90(64-68-94)86-55-47-82(36-8-4)48-56-86)108(106)114-104(110)44-28-22-18-14-12-16-20-24-34-78-112-98-75-71-92(72-76-98)88-59-51-84(52-60-88)38-26-10-6-2/h29-32,39-42,61-76,79-88H,5-28,33-38,43-60,77-78H2,1-4H3. The van der Waals surface area contributed by atoms with Crippen LogP contribution in [0.25, 0.3) is 54.9 Å². The van der Waals surface area contributed by atoms with Crippen LogP contribution in [0.5, 0.6) is 23.0 Å². The van der Waals surface area contributed by atoms with E-state index >= 15 is 9.59 Å². The van der Waals surface area contributed by atoms with Crippen molar-refractivity contribution in [2.45, 2.75) is 360 Å². The van der Waals surface area contributed by atoms with E-state index in [-0.39, 0.29) is 11.9 Å². The topological polar surface area (TPSA) is 71.1 Å². The molecular formula is C108H146O6. The van der Waals surface area contributed by atoms with Crippen molar-refractivity contribution < 1.29 is 28.5 Å². The molecule has 0 bridgehead atoms. The molecule has 0 atom stereocenters. The van der Waals surface area contributed by atoms with Gasteiger partial charge in [0.05, 0.1) is 13.2 Å². The number of unbranched alkanes of at least 4 members (excludes halogenated alkanes) is 20. The molecule has 0 N–H and O–H groups in total. The van der Waals surface area contributed by atoms with E-state index in [1.54, 1.807) is 0 Å². The van der Waals surface area contributed by atoms with Gasteiger partial charge in [-0.3, -0.25) is 9.59 Å². The number of carbonyl (C=O) groups is 2. The summed E-state index contributed by atoms with van der Waals surface area (Å²) in [6, 6.07) is 58.2. The highest BCUT2D eigenvalue weighted by atomic mass is 16.5. The average molecular weight is 1540 g/mol. The van der Waals surface area contributed by atoms with Crippen molar-refractivity contribution in [3.05, 3.63) is 180 Å². The lowest BCUT2D eigenvalue weighted by Gasteiger charge is -2.29. The monoisotopic (exact) mass is 1540 g/mol. The Morgan fingerprint density at radius 3 is 0.895 bits per heavy atom. The van der Waals surface area contributed by atoms with Gasteiger partial charge in [0.15, 0.2) is 0 Å². The van der Waals surface area contributed by atoms with Crippen LogP contribution in [0.4, 0.5) is 0 Å². The maximum absolute atomic E-state index is 15.0. The number of hydrogen-bond donors (Lipinski definition) is 0. The molecule has 4 fully saturated rings. The third-order valence-electron chi connectivity index (χ3n) is 27.6. The number of benzene rings is 8. The first kappa shape index (κ1) is 86.2. The second-order valence-electron chi connectivity index (χ2n) is 36.0. The predicted molar refractivity (Wildman–Crippen MR) is 482 cm³/mol. The van der Waals surface area contributed by atoms with Gasteiger partial charge in [-0.2, -0.15) is 0 Å². The van der Waals surface area contributed by atoms with Crippen LogP contribution in [0.15, 0.2) is 158 Å². The molecule has 0 radical (unpaired) electrons. The summed E-state index contributed by atoms with van der Waals surface area (Å²) in [7, 11) is 0. The Hall–Kier alpha value is -7.18. The van der Waals surface area contributed by atoms with Gasteiger partial charge in [0.2, 0.25) is 0 Å². The molecule has 614 valence electrons. The molecule has 0 aliphatic heterocycles. The fourth-order valence-electron chi connectivity index (χ4n) is 20.6. The zero-order valence-corrected chi connectivity index (χ0v) is 71.4. The zero-order chi connectivity index (χ0) is 78.7. The molecule has 0 saturated heterocycles. The molecule has 0 heterocycles. The summed E-state index contributed by atoms with van der Waals surface area (Å²) in [6.45, 7) is 10.8. The second-order valence-corrected chi connectivity index (χ2v) is 36.0. The van der Waals surface area contributed by atoms with Gasteiger partial charge in [-0.05, 0) is 267 Å². The van der Waals surface area contributed by atoms with Gasteiger partial charge in [0.1, 0.15) is 23.0 Å². The highest BCUT2D eigenvalue weighted by Gasteiger charge is 2.31. The summed E-state index contributed by atoms with van der Waals surface area (Å²) in [5.74, 6) is 8.63. The second kappa shape index (κ2) is 47.3. The molecule has 6 heteroatoms. The molecule has 6 nitrogen and oxygen atoms in total. The predicted octanol–water partition coefficient (Wildman–Crippen LogP) is 32.6. The maximum Gasteiger partial charge on any atom is 0.311 e. The Kier molecular flexibility index (Phi) is 35.7. The van der Waals surface area contributed by atoms with E-state index in [4.69, 9.17) is 18.9 Å². The molecule has 8 aromatic carbocycles. The quantitative estimate of drug-likeness (QED) is 0.0215. The van der Waals surface area contributed by atoms with Crippen molar-refractivity contribution in [1.82, 2.24) is 0 Å². The van der Waals surface area contributed by atoms with Crippen LogP contribution in [0.1, 0.15) is 382 Å². The Balaban J connectivity index is 0.701. The van der Waals surface area contributed by atoms with Gasteiger partial charge in [0, 0.05) is 35.1 Å². The highest BCUT2D eigenvalue weighted by molar-refractivity contribution is 6.15. The van der Waals surface area contributed by atoms with Crippen molar-refractivity contribution in [1.29, 1.82) is 0 Å². The average Bonchev–Trinajstić information content (AvgIpc) is 0.727. The molecule has 8 aromatic rings. The van der Waals surface area contributed by atoms with Crippen molar-refractivity contribution >= 4 is 33.5 Å². The molecule has 4 aliphatic rings. The van der Waals surface area contributed by atoms with Crippen molar-refractivity contribution in [3.8, 4) is 56.4 Å². The SMILES string of the molecule is CCCCCC1CCC(c2ccc(OCCCCCCCCCCCC(=O)Oc3c(-c4ccc(C5CCC(CCC)CC5)cc4)cc4ccccc4c3-c3c(OC(=O)CCCCCCCCCCCOc4ccc(C5CCC(CCCCC)CC5)cc4)c(-c4ccc(C5CCC(CCC)CC5)cc4)cc4ccccc34)cc2)CC1. The third kappa shape index (κ3) is 25.9. The minimum absolute atomic E-state index is 0.235. The Bertz CT molecular complexity index is 3810. The van der Waals surface area contributed by atoms with E-state index < -0.39 is 0 Å². The minimum Gasteiger partial charge on any atom is -0.494 e. The van der Waals surface area contributed by atoms with E-state index in [0.29, 0.717) is 48.0 Å². The van der Waals surface area contributed by atoms with Crippen LogP contribution < -0.4 is 18.9 Å². The molecule has 4 saturated carbocycles. The molecule has 0 aromatic heterocycles. The van der Waals surface area contributed by atoms with Crippen LogP contribution in [-0.4, -0.2) is 25.2 Å². The fourth-order valence-corrected chi connectivity index (χ4v) is 20.6. The molecule has 0 amide bonds. The number of fused-ring (bicyclic) bond motifs is 2. The molecule has 12 rings (SSSR count). The minimum atomic E-state index is -0.235. The fraction of sp³-hybridized carbons (Fsp3) is 0.574. The first-order chi connectivity index (χ1) is 56.2. The normalized spacial score (nSPS) is 19.9. The van der Waals surface area contributed by atoms with Crippen LogP contribution in [-0.2, 0) is 9.59 Å². The molecule has 4 aliphatic carbocycles. The molecule has 114 heavy (non-hydrogen) atoms. The zero-order valence-electron chi connectivity index (χ0n) is 71.4. The van der Waals surface area contributed by atoms with E-state index in [2.05, 4.69) is 185 Å². The number of hydrogen-bond acceptors (Lipinski definition) is 6. The number of esters is 2. The number of carbonyl (C=O) groups excluding carboxylic acids is 2. The molecular weight excluding hydrogens is 1390 g/mol. The smallest absolute Gasteiger partial charge is 0.311 e. The van der Waals surface area contributed by atoms with Crippen LogP contribution >= 0.6 is 0 Å². The lowest BCUT2D eigenvalue weighted by Crippen LogP contribution is -2.13. The van der Waals surface area contributed by atoms with Crippen molar-refractivity contribution in [2.75, 3.05) is 13.2 Å². The summed E-state index contributed by atoms with van der Waals surface area (Å²) in [4.78, 5) is 30.1. The van der Waals surface area contributed by atoms with Gasteiger partial charge < -0.3 is 18.9 Å². The third-order valence-corrected chi connectivity index (χ3v) is 27.6. The molecule has 0 spiro atoms. The van der Waals surface area contributed by atoms with Crippen molar-refractivity contribution in [3.63, 3.8) is 0 Å². The van der Waals surface area contributed by atoms with E-state index in [1.165, 1.54) is 253 Å². The lowest BCUT2D eigenvalue weighted by molar-refractivity contribution is -0.135. The van der Waals surface area contributed by atoms with Crippen LogP contribution in [0.3, 0.4) is 0 Å². The first-order valence-electron chi connectivity index (χ1n) is 47.4. The van der Waals surface area contributed by atoms with Crippen LogP contribution in [0, 0.1) is 23.7 Å². The van der Waals surface area contributed by atoms with E-state index in [1.807, 2.05) is 0 Å².